The smallest absolute Gasteiger partial charge is 0.193 e. The largest absolute Gasteiger partial charge is 0.422 e. The van der Waals surface area contributed by atoms with Gasteiger partial charge >= 0.3 is 0 Å². The van der Waals surface area contributed by atoms with Crippen LogP contribution in [0.4, 0.5) is 0 Å². The zero-order chi connectivity index (χ0) is 10.5. The lowest BCUT2D eigenvalue weighted by atomic mass is 11.1. The molecule has 0 saturated heterocycles. The van der Waals surface area contributed by atoms with Crippen LogP contribution >= 0.6 is 0 Å². The summed E-state index contributed by atoms with van der Waals surface area (Å²) >= 11 is 0. The summed E-state index contributed by atoms with van der Waals surface area (Å²) in [4.78, 5) is 0. The van der Waals surface area contributed by atoms with E-state index in [2.05, 4.69) is 43.6 Å². The molecule has 71 valence electrons. The molecule has 0 aromatic rings. The highest BCUT2D eigenvalue weighted by Crippen LogP contribution is 2.15. The molecule has 0 unspecified atom stereocenters. The summed E-state index contributed by atoms with van der Waals surface area (Å²) < 4.78 is 2.30. The van der Waals surface area contributed by atoms with Gasteiger partial charge in [0.15, 0.2) is 17.2 Å². The fourth-order valence-electron chi connectivity index (χ4n) is 1.10. The van der Waals surface area contributed by atoms with E-state index in [1.54, 1.807) is 0 Å². The van der Waals surface area contributed by atoms with Crippen LogP contribution in [0.3, 0.4) is 0 Å². The SMILES string of the molecule is C=CN([Si](C)C=C)[Si](C)(C=C)C=C. The molecule has 0 heterocycles. The lowest BCUT2D eigenvalue weighted by Gasteiger charge is -2.36. The topological polar surface area (TPSA) is 3.24 Å². The van der Waals surface area contributed by atoms with Gasteiger partial charge in [-0.25, -0.2) is 0 Å². The monoisotopic (exact) mass is 208 g/mol. The molecule has 1 nitrogen and oxygen atoms in total. The Morgan fingerprint density at radius 2 is 1.62 bits per heavy atom. The van der Waals surface area contributed by atoms with Crippen LogP contribution in [0.2, 0.25) is 13.1 Å². The van der Waals surface area contributed by atoms with E-state index < -0.39 is 17.2 Å². The van der Waals surface area contributed by atoms with Crippen molar-refractivity contribution >= 4 is 17.2 Å². The zero-order valence-electron chi connectivity index (χ0n) is 8.59. The van der Waals surface area contributed by atoms with Crippen molar-refractivity contribution in [2.45, 2.75) is 13.1 Å². The van der Waals surface area contributed by atoms with Crippen LogP contribution in [-0.2, 0) is 0 Å². The van der Waals surface area contributed by atoms with E-state index in [0.717, 1.165) is 0 Å². The summed E-state index contributed by atoms with van der Waals surface area (Å²) in [6.45, 7) is 19.8. The van der Waals surface area contributed by atoms with Gasteiger partial charge in [0.1, 0.15) is 0 Å². The normalized spacial score (nSPS) is 10.7. The summed E-state index contributed by atoms with van der Waals surface area (Å²) in [6.07, 6.45) is 1.89. The third-order valence-electron chi connectivity index (χ3n) is 2.20. The average Bonchev–Trinajstić information content (AvgIpc) is 2.18. The first-order valence-corrected chi connectivity index (χ1v) is 8.83. The van der Waals surface area contributed by atoms with Gasteiger partial charge in [0.25, 0.3) is 0 Å². The first-order chi connectivity index (χ1) is 6.05. The second-order valence-electron chi connectivity index (χ2n) is 3.03. The van der Waals surface area contributed by atoms with Gasteiger partial charge in [-0.05, 0) is 19.3 Å². The van der Waals surface area contributed by atoms with E-state index in [1.165, 1.54) is 0 Å². The minimum atomic E-state index is -1.69. The van der Waals surface area contributed by atoms with Crippen molar-refractivity contribution in [3.63, 3.8) is 0 Å². The van der Waals surface area contributed by atoms with E-state index in [4.69, 9.17) is 0 Å². The molecule has 0 N–H and O–H groups in total. The molecular formula is C10H18NSi2. The molecule has 1 radical (unpaired) electrons. The third kappa shape index (κ3) is 2.57. The van der Waals surface area contributed by atoms with E-state index in [0.29, 0.717) is 0 Å². The van der Waals surface area contributed by atoms with Crippen molar-refractivity contribution in [2.75, 3.05) is 0 Å². The number of hydrogen-bond acceptors (Lipinski definition) is 1. The molecule has 0 aliphatic carbocycles. The highest BCUT2D eigenvalue weighted by molar-refractivity contribution is 6.92. The molecule has 0 saturated carbocycles. The molecular weight excluding hydrogens is 190 g/mol. The molecule has 13 heavy (non-hydrogen) atoms. The Hall–Kier alpha value is -0.806. The Bertz CT molecular complexity index is 215. The maximum Gasteiger partial charge on any atom is 0.193 e. The number of hydrogen-bond donors (Lipinski definition) is 0. The lowest BCUT2D eigenvalue weighted by molar-refractivity contribution is 0.887. The van der Waals surface area contributed by atoms with Gasteiger partial charge in [-0.2, -0.15) is 0 Å². The maximum absolute atomic E-state index is 3.87. The standard InChI is InChI=1S/C10H18NSi2/c1-7-11(12(5)8-2)13(6,9-3)10-4/h7-10H,1-4H2,5-6H3. The van der Waals surface area contributed by atoms with Crippen molar-refractivity contribution in [2.24, 2.45) is 0 Å². The summed E-state index contributed by atoms with van der Waals surface area (Å²) in [7, 11) is -2.39. The summed E-state index contributed by atoms with van der Waals surface area (Å²) in [5.74, 6) is 0. The Morgan fingerprint density at radius 3 is 1.85 bits per heavy atom. The van der Waals surface area contributed by atoms with Gasteiger partial charge in [0.05, 0.1) is 0 Å². The average molecular weight is 208 g/mol. The van der Waals surface area contributed by atoms with E-state index in [-0.39, 0.29) is 0 Å². The highest BCUT2D eigenvalue weighted by Gasteiger charge is 2.28. The Labute approximate surface area is 84.5 Å². The fraction of sp³-hybridized carbons (Fsp3) is 0.200. The Morgan fingerprint density at radius 1 is 1.15 bits per heavy atom. The summed E-state index contributed by atoms with van der Waals surface area (Å²) in [6, 6.07) is 0. The number of rotatable bonds is 6. The van der Waals surface area contributed by atoms with Crippen LogP contribution in [0, 0.1) is 0 Å². The first kappa shape index (κ1) is 12.2. The minimum Gasteiger partial charge on any atom is -0.422 e. The molecule has 0 atom stereocenters. The van der Waals surface area contributed by atoms with Crippen LogP contribution < -0.4 is 0 Å². The van der Waals surface area contributed by atoms with Gasteiger partial charge in [0, 0.05) is 0 Å². The molecule has 0 aromatic heterocycles. The van der Waals surface area contributed by atoms with Gasteiger partial charge < -0.3 is 4.23 Å². The molecule has 3 heteroatoms. The molecule has 0 aliphatic rings. The summed E-state index contributed by atoms with van der Waals surface area (Å²) in [5.41, 5.74) is 6.03. The zero-order valence-corrected chi connectivity index (χ0v) is 10.6. The van der Waals surface area contributed by atoms with Crippen LogP contribution in [0.25, 0.3) is 0 Å². The van der Waals surface area contributed by atoms with Crippen molar-refractivity contribution in [1.82, 2.24) is 4.23 Å². The highest BCUT2D eigenvalue weighted by atomic mass is 28.4. The van der Waals surface area contributed by atoms with Gasteiger partial charge in [-0.15, -0.1) is 19.7 Å². The molecule has 0 aliphatic heterocycles. The molecule has 0 aromatic carbocycles. The van der Waals surface area contributed by atoms with E-state index in [1.807, 2.05) is 23.3 Å². The predicted molar refractivity (Wildman–Crippen MR) is 65.9 cm³/mol. The second kappa shape index (κ2) is 5.04. The van der Waals surface area contributed by atoms with Gasteiger partial charge in [-0.1, -0.05) is 23.7 Å². The molecule has 0 fully saturated rings. The van der Waals surface area contributed by atoms with E-state index in [9.17, 15) is 0 Å². The van der Waals surface area contributed by atoms with Crippen LogP contribution in [0.15, 0.2) is 49.6 Å². The van der Waals surface area contributed by atoms with Crippen molar-refractivity contribution in [1.29, 1.82) is 0 Å². The molecule has 0 spiro atoms. The second-order valence-corrected chi connectivity index (χ2v) is 9.40. The quantitative estimate of drug-likeness (QED) is 0.607. The van der Waals surface area contributed by atoms with Crippen molar-refractivity contribution in [3.05, 3.63) is 49.6 Å². The van der Waals surface area contributed by atoms with Crippen molar-refractivity contribution < 1.29 is 0 Å². The summed E-state index contributed by atoms with van der Waals surface area (Å²) in [5, 5.41) is 0. The predicted octanol–water partition coefficient (Wildman–Crippen LogP) is 2.80. The van der Waals surface area contributed by atoms with Gasteiger partial charge in [-0.3, -0.25) is 0 Å². The van der Waals surface area contributed by atoms with Crippen molar-refractivity contribution in [3.8, 4) is 0 Å². The lowest BCUT2D eigenvalue weighted by Crippen LogP contribution is -2.51. The van der Waals surface area contributed by atoms with Gasteiger partial charge in [0.2, 0.25) is 0 Å². The van der Waals surface area contributed by atoms with Crippen LogP contribution in [-0.4, -0.2) is 21.4 Å². The third-order valence-corrected chi connectivity index (χ3v) is 9.11. The van der Waals surface area contributed by atoms with Crippen LogP contribution in [0.1, 0.15) is 0 Å². The first-order valence-electron chi connectivity index (χ1n) is 4.20. The molecule has 0 amide bonds. The Kier molecular flexibility index (Phi) is 4.73. The number of nitrogens with zero attached hydrogens (tertiary/aromatic N) is 1. The molecule has 0 bridgehead atoms. The molecule has 0 rings (SSSR count). The maximum atomic E-state index is 3.87. The van der Waals surface area contributed by atoms with E-state index >= 15 is 0 Å². The van der Waals surface area contributed by atoms with Crippen LogP contribution in [0.5, 0.6) is 0 Å². The minimum absolute atomic E-state index is 0.701. The Balaban J connectivity index is 4.92. The fourth-order valence-corrected chi connectivity index (χ4v) is 6.40.